The Morgan fingerprint density at radius 2 is 2.00 bits per heavy atom. The van der Waals surface area contributed by atoms with E-state index in [2.05, 4.69) is 9.97 Å². The zero-order valence-electron chi connectivity index (χ0n) is 10.9. The van der Waals surface area contributed by atoms with Crippen LogP contribution < -0.4 is 0 Å². The lowest BCUT2D eigenvalue weighted by molar-refractivity contribution is -0.387. The molecule has 1 heterocycles. The van der Waals surface area contributed by atoms with Gasteiger partial charge in [0.15, 0.2) is 0 Å². The van der Waals surface area contributed by atoms with Crippen LogP contribution in [0, 0.1) is 10.1 Å². The van der Waals surface area contributed by atoms with Crippen molar-refractivity contribution < 1.29 is 4.92 Å². The SMILES string of the molecule is CC(C)c1c(Cl)ncnc1Sc1ccccc1[N+](=O)[O-]. The molecule has 104 valence electrons. The molecule has 0 aliphatic heterocycles. The fourth-order valence-corrected chi connectivity index (χ4v) is 3.28. The van der Waals surface area contributed by atoms with E-state index in [0.717, 1.165) is 5.56 Å². The van der Waals surface area contributed by atoms with Crippen LogP contribution in [0.25, 0.3) is 0 Å². The second kappa shape index (κ2) is 6.19. The van der Waals surface area contributed by atoms with E-state index in [0.29, 0.717) is 15.1 Å². The minimum absolute atomic E-state index is 0.0574. The highest BCUT2D eigenvalue weighted by Gasteiger charge is 2.19. The molecule has 1 aromatic carbocycles. The number of halogens is 1. The molecule has 0 amide bonds. The summed E-state index contributed by atoms with van der Waals surface area (Å²) in [6.45, 7) is 3.96. The number of nitro groups is 1. The van der Waals surface area contributed by atoms with Gasteiger partial charge < -0.3 is 0 Å². The fraction of sp³-hybridized carbons (Fsp3) is 0.231. The van der Waals surface area contributed by atoms with Crippen LogP contribution in [0.2, 0.25) is 5.15 Å². The number of rotatable bonds is 4. The standard InChI is InChI=1S/C13H12ClN3O2S/c1-8(2)11-12(14)15-7-16-13(11)20-10-6-4-3-5-9(10)17(18)19/h3-8H,1-2H3. The third-order valence-electron chi connectivity index (χ3n) is 2.64. The Balaban J connectivity index is 2.46. The Morgan fingerprint density at radius 3 is 2.65 bits per heavy atom. The van der Waals surface area contributed by atoms with E-state index in [1.807, 2.05) is 13.8 Å². The van der Waals surface area contributed by atoms with Gasteiger partial charge >= 0.3 is 0 Å². The number of aromatic nitrogens is 2. The van der Waals surface area contributed by atoms with E-state index in [4.69, 9.17) is 11.6 Å². The Kier molecular flexibility index (Phi) is 4.57. The smallest absolute Gasteiger partial charge is 0.258 e. The van der Waals surface area contributed by atoms with E-state index in [1.165, 1.54) is 24.2 Å². The highest BCUT2D eigenvalue weighted by Crippen LogP contribution is 2.38. The van der Waals surface area contributed by atoms with Crippen molar-refractivity contribution in [3.8, 4) is 0 Å². The molecule has 0 unspecified atom stereocenters. The summed E-state index contributed by atoms with van der Waals surface area (Å²) in [5, 5.41) is 12.1. The third kappa shape index (κ3) is 3.08. The van der Waals surface area contributed by atoms with E-state index in [9.17, 15) is 10.1 Å². The highest BCUT2D eigenvalue weighted by molar-refractivity contribution is 7.99. The number of benzene rings is 1. The minimum Gasteiger partial charge on any atom is -0.258 e. The predicted octanol–water partition coefficient (Wildman–Crippen LogP) is 4.31. The molecule has 1 aromatic heterocycles. The van der Waals surface area contributed by atoms with Crippen LogP contribution in [0.3, 0.4) is 0 Å². The molecule has 2 aromatic rings. The van der Waals surface area contributed by atoms with Crippen LogP contribution in [-0.2, 0) is 0 Å². The van der Waals surface area contributed by atoms with Crippen molar-refractivity contribution in [1.29, 1.82) is 0 Å². The summed E-state index contributed by atoms with van der Waals surface area (Å²) >= 11 is 7.33. The van der Waals surface area contributed by atoms with Crippen molar-refractivity contribution >= 4 is 29.1 Å². The van der Waals surface area contributed by atoms with Gasteiger partial charge in [0.25, 0.3) is 5.69 Å². The molecule has 0 atom stereocenters. The van der Waals surface area contributed by atoms with Crippen LogP contribution in [0.15, 0.2) is 40.5 Å². The van der Waals surface area contributed by atoms with Crippen LogP contribution in [0.5, 0.6) is 0 Å². The number of nitrogens with zero attached hydrogens (tertiary/aromatic N) is 3. The molecule has 0 fully saturated rings. The molecule has 7 heteroatoms. The van der Waals surface area contributed by atoms with Gasteiger partial charge in [-0.25, -0.2) is 9.97 Å². The Bertz CT molecular complexity index is 649. The lowest BCUT2D eigenvalue weighted by atomic mass is 10.1. The maximum absolute atomic E-state index is 11.0. The van der Waals surface area contributed by atoms with Crippen molar-refractivity contribution in [2.75, 3.05) is 0 Å². The zero-order valence-corrected chi connectivity index (χ0v) is 12.5. The Morgan fingerprint density at radius 1 is 1.30 bits per heavy atom. The molecule has 0 bridgehead atoms. The van der Waals surface area contributed by atoms with Crippen LogP contribution in [0.4, 0.5) is 5.69 Å². The second-order valence-corrected chi connectivity index (χ2v) is 5.75. The molecule has 0 saturated heterocycles. The average Bonchev–Trinajstić information content (AvgIpc) is 2.38. The Hall–Kier alpha value is -1.66. The summed E-state index contributed by atoms with van der Waals surface area (Å²) in [4.78, 5) is 19.3. The topological polar surface area (TPSA) is 68.9 Å². The first-order chi connectivity index (χ1) is 9.50. The summed E-state index contributed by atoms with van der Waals surface area (Å²) in [5.41, 5.74) is 0.860. The predicted molar refractivity (Wildman–Crippen MR) is 78.4 cm³/mol. The average molecular weight is 310 g/mol. The van der Waals surface area contributed by atoms with Crippen molar-refractivity contribution in [1.82, 2.24) is 9.97 Å². The molecule has 0 aliphatic carbocycles. The Labute approximate surface area is 125 Å². The molecule has 0 spiro atoms. The maximum atomic E-state index is 11.0. The van der Waals surface area contributed by atoms with Gasteiger partial charge in [-0.15, -0.1) is 0 Å². The molecule has 5 nitrogen and oxygen atoms in total. The van der Waals surface area contributed by atoms with Crippen molar-refractivity contribution in [3.63, 3.8) is 0 Å². The molecular weight excluding hydrogens is 298 g/mol. The van der Waals surface area contributed by atoms with E-state index in [1.54, 1.807) is 18.2 Å². The largest absolute Gasteiger partial charge is 0.283 e. The first-order valence-electron chi connectivity index (χ1n) is 5.92. The monoisotopic (exact) mass is 309 g/mol. The lowest BCUT2D eigenvalue weighted by Gasteiger charge is -2.12. The molecule has 2 rings (SSSR count). The third-order valence-corrected chi connectivity index (χ3v) is 4.03. The summed E-state index contributed by atoms with van der Waals surface area (Å²) in [7, 11) is 0. The molecule has 0 N–H and O–H groups in total. The summed E-state index contributed by atoms with van der Waals surface area (Å²) < 4.78 is 0. The van der Waals surface area contributed by atoms with Crippen molar-refractivity contribution in [2.24, 2.45) is 0 Å². The number of hydrogen-bond acceptors (Lipinski definition) is 5. The summed E-state index contributed by atoms with van der Waals surface area (Å²) in [6, 6.07) is 6.56. The highest BCUT2D eigenvalue weighted by atomic mass is 35.5. The molecular formula is C13H12ClN3O2S. The van der Waals surface area contributed by atoms with Crippen LogP contribution >= 0.6 is 23.4 Å². The van der Waals surface area contributed by atoms with Crippen LogP contribution in [-0.4, -0.2) is 14.9 Å². The molecule has 0 saturated carbocycles. The first-order valence-corrected chi connectivity index (χ1v) is 7.11. The van der Waals surface area contributed by atoms with E-state index >= 15 is 0 Å². The normalized spacial score (nSPS) is 10.8. The van der Waals surface area contributed by atoms with Gasteiger partial charge in [0.05, 0.1) is 9.82 Å². The van der Waals surface area contributed by atoms with Gasteiger partial charge in [0, 0.05) is 11.6 Å². The molecule has 0 aliphatic rings. The second-order valence-electron chi connectivity index (χ2n) is 4.36. The number of hydrogen-bond donors (Lipinski definition) is 0. The zero-order chi connectivity index (χ0) is 14.7. The quantitative estimate of drug-likeness (QED) is 0.478. The van der Waals surface area contributed by atoms with Crippen LogP contribution in [0.1, 0.15) is 25.3 Å². The molecule has 0 radical (unpaired) electrons. The van der Waals surface area contributed by atoms with Crippen molar-refractivity contribution in [2.45, 2.75) is 29.7 Å². The first kappa shape index (κ1) is 14.7. The van der Waals surface area contributed by atoms with Crippen molar-refractivity contribution in [3.05, 3.63) is 51.4 Å². The number of para-hydroxylation sites is 1. The van der Waals surface area contributed by atoms with Gasteiger partial charge in [0.2, 0.25) is 0 Å². The number of nitro benzene ring substituents is 1. The maximum Gasteiger partial charge on any atom is 0.283 e. The van der Waals surface area contributed by atoms with E-state index in [-0.39, 0.29) is 11.6 Å². The fourth-order valence-electron chi connectivity index (χ4n) is 1.72. The summed E-state index contributed by atoms with van der Waals surface area (Å²) in [5.74, 6) is 0.133. The van der Waals surface area contributed by atoms with E-state index < -0.39 is 4.92 Å². The van der Waals surface area contributed by atoms with Gasteiger partial charge in [-0.3, -0.25) is 10.1 Å². The van der Waals surface area contributed by atoms with Gasteiger partial charge in [0.1, 0.15) is 16.5 Å². The van der Waals surface area contributed by atoms with Gasteiger partial charge in [-0.1, -0.05) is 49.3 Å². The lowest BCUT2D eigenvalue weighted by Crippen LogP contribution is -1.98. The van der Waals surface area contributed by atoms with Gasteiger partial charge in [-0.05, 0) is 12.0 Å². The van der Waals surface area contributed by atoms with Gasteiger partial charge in [-0.2, -0.15) is 0 Å². The summed E-state index contributed by atoms with van der Waals surface area (Å²) in [6.07, 6.45) is 1.37. The molecule has 20 heavy (non-hydrogen) atoms. The minimum atomic E-state index is -0.403.